The van der Waals surface area contributed by atoms with Crippen LogP contribution < -0.4 is 5.32 Å². The molecule has 29 heavy (non-hydrogen) atoms. The first-order valence-corrected chi connectivity index (χ1v) is 12.0. The first kappa shape index (κ1) is 23.4. The highest BCUT2D eigenvalue weighted by Gasteiger charge is 2.19. The van der Waals surface area contributed by atoms with Crippen molar-refractivity contribution >= 4 is 27.3 Å². The fraction of sp³-hybridized carbons (Fsp3) is 0.476. The molecule has 1 aromatic carbocycles. The maximum Gasteiger partial charge on any atom is 0.286 e. The van der Waals surface area contributed by atoms with Crippen molar-refractivity contribution in [1.29, 1.82) is 0 Å². The van der Waals surface area contributed by atoms with Gasteiger partial charge in [0, 0.05) is 11.6 Å². The molecule has 6 nitrogen and oxygen atoms in total. The van der Waals surface area contributed by atoms with Crippen LogP contribution >= 0.6 is 11.6 Å². The number of carbonyl (C=O) groups is 1. The Morgan fingerprint density at radius 3 is 2.31 bits per heavy atom. The van der Waals surface area contributed by atoms with Gasteiger partial charge in [0.1, 0.15) is 11.5 Å². The van der Waals surface area contributed by atoms with Crippen LogP contribution in [0.2, 0.25) is 5.02 Å². The van der Waals surface area contributed by atoms with Gasteiger partial charge in [-0.05, 0) is 75.3 Å². The molecule has 1 aromatic heterocycles. The molecule has 0 saturated heterocycles. The van der Waals surface area contributed by atoms with Crippen LogP contribution in [0.3, 0.4) is 0 Å². The monoisotopic (exact) mass is 440 g/mol. The summed E-state index contributed by atoms with van der Waals surface area (Å²) in [4.78, 5) is 14.8. The summed E-state index contributed by atoms with van der Waals surface area (Å²) in [6.07, 6.45) is 3.07. The Hall–Kier alpha value is -1.83. The molecule has 0 bridgehead atoms. The maximum absolute atomic E-state index is 12.5. The Morgan fingerprint density at radius 1 is 1.03 bits per heavy atom. The molecule has 0 aliphatic heterocycles. The van der Waals surface area contributed by atoms with Gasteiger partial charge in [-0.15, -0.1) is 0 Å². The minimum Gasteiger partial charge on any atom is -0.455 e. The zero-order valence-corrected chi connectivity index (χ0v) is 18.6. The van der Waals surface area contributed by atoms with Crippen LogP contribution in [0.4, 0.5) is 0 Å². The fourth-order valence-electron chi connectivity index (χ4n) is 3.05. The van der Waals surface area contributed by atoms with Gasteiger partial charge >= 0.3 is 0 Å². The average Bonchev–Trinajstić information content (AvgIpc) is 3.13. The van der Waals surface area contributed by atoms with Crippen LogP contribution in [0.1, 0.15) is 49.4 Å². The topological polar surface area (TPSA) is 79.6 Å². The molecule has 0 aliphatic carbocycles. The predicted molar refractivity (Wildman–Crippen MR) is 115 cm³/mol. The lowest BCUT2D eigenvalue weighted by molar-refractivity contribution is 0.0922. The van der Waals surface area contributed by atoms with E-state index in [1.54, 1.807) is 0 Å². The van der Waals surface area contributed by atoms with E-state index >= 15 is 0 Å². The zero-order chi connectivity index (χ0) is 21.3. The van der Waals surface area contributed by atoms with Gasteiger partial charge in [0.15, 0.2) is 15.6 Å². The number of halogens is 1. The van der Waals surface area contributed by atoms with Crippen LogP contribution in [-0.2, 0) is 15.6 Å². The largest absolute Gasteiger partial charge is 0.455 e. The van der Waals surface area contributed by atoms with E-state index in [0.717, 1.165) is 38.9 Å². The molecule has 0 unspecified atom stereocenters. The van der Waals surface area contributed by atoms with E-state index in [9.17, 15) is 13.2 Å². The second kappa shape index (κ2) is 11.4. The lowest BCUT2D eigenvalue weighted by atomic mass is 10.3. The molecular formula is C21H29ClN2O4S. The van der Waals surface area contributed by atoms with Crippen molar-refractivity contribution in [1.82, 2.24) is 10.2 Å². The lowest BCUT2D eigenvalue weighted by Crippen LogP contribution is -2.31. The number of carbonyl (C=O) groups excluding carboxylic acids is 1. The summed E-state index contributed by atoms with van der Waals surface area (Å²) < 4.78 is 30.4. The summed E-state index contributed by atoms with van der Waals surface area (Å²) in [5.41, 5.74) is 0. The number of sulfone groups is 1. The molecule has 0 aliphatic rings. The molecule has 0 spiro atoms. The molecule has 8 heteroatoms. The highest BCUT2D eigenvalue weighted by molar-refractivity contribution is 7.90. The second-order valence-corrected chi connectivity index (χ2v) is 9.36. The predicted octanol–water partition coefficient (Wildman–Crippen LogP) is 4.15. The Morgan fingerprint density at radius 2 is 1.69 bits per heavy atom. The van der Waals surface area contributed by atoms with Crippen LogP contribution in [0, 0.1) is 0 Å². The van der Waals surface area contributed by atoms with Crippen molar-refractivity contribution in [2.24, 2.45) is 0 Å². The summed E-state index contributed by atoms with van der Waals surface area (Å²) in [5.74, 6) is -0.310. The van der Waals surface area contributed by atoms with E-state index in [1.165, 1.54) is 36.4 Å². The van der Waals surface area contributed by atoms with Crippen molar-refractivity contribution in [3.63, 3.8) is 0 Å². The van der Waals surface area contributed by atoms with E-state index in [4.69, 9.17) is 16.0 Å². The molecule has 2 aromatic rings. The molecule has 1 amide bonds. The summed E-state index contributed by atoms with van der Waals surface area (Å²) in [7, 11) is -3.57. The number of amides is 1. The smallest absolute Gasteiger partial charge is 0.286 e. The maximum atomic E-state index is 12.5. The van der Waals surface area contributed by atoms with E-state index < -0.39 is 9.84 Å². The number of hydrogen-bond donors (Lipinski definition) is 1. The minimum atomic E-state index is -3.57. The van der Waals surface area contributed by atoms with E-state index in [2.05, 4.69) is 24.1 Å². The quantitative estimate of drug-likeness (QED) is 0.501. The third-order valence-electron chi connectivity index (χ3n) is 4.41. The van der Waals surface area contributed by atoms with Crippen LogP contribution in [0.25, 0.3) is 0 Å². The third kappa shape index (κ3) is 7.49. The molecule has 0 radical (unpaired) electrons. The van der Waals surface area contributed by atoms with Crippen molar-refractivity contribution < 1.29 is 17.6 Å². The third-order valence-corrected chi connectivity index (χ3v) is 6.31. The molecular weight excluding hydrogens is 412 g/mol. The van der Waals surface area contributed by atoms with Crippen LogP contribution in [0.15, 0.2) is 45.7 Å². The highest BCUT2D eigenvalue weighted by atomic mass is 35.5. The first-order valence-electron chi connectivity index (χ1n) is 9.93. The highest BCUT2D eigenvalue weighted by Crippen LogP contribution is 2.20. The zero-order valence-electron chi connectivity index (χ0n) is 17.0. The summed E-state index contributed by atoms with van der Waals surface area (Å²) in [6.45, 7) is 7.92. The number of nitrogens with zero attached hydrogens (tertiary/aromatic N) is 1. The van der Waals surface area contributed by atoms with Gasteiger partial charge in [0.25, 0.3) is 5.91 Å². The molecule has 0 fully saturated rings. The van der Waals surface area contributed by atoms with Crippen LogP contribution in [0.5, 0.6) is 0 Å². The molecule has 0 saturated carbocycles. The molecule has 2 rings (SSSR count). The molecule has 1 N–H and O–H groups in total. The normalized spacial score (nSPS) is 11.7. The first-order chi connectivity index (χ1) is 13.9. The second-order valence-electron chi connectivity index (χ2n) is 6.93. The number of nitrogens with one attached hydrogen (secondary N) is 1. The van der Waals surface area contributed by atoms with Crippen molar-refractivity contribution in [3.8, 4) is 0 Å². The fourth-order valence-corrected chi connectivity index (χ4v) is 4.42. The van der Waals surface area contributed by atoms with Gasteiger partial charge in [0.2, 0.25) is 0 Å². The number of benzene rings is 1. The van der Waals surface area contributed by atoms with Gasteiger partial charge in [-0.2, -0.15) is 0 Å². The summed E-state index contributed by atoms with van der Waals surface area (Å²) in [6, 6.07) is 8.98. The number of furan rings is 1. The number of hydrogen-bond acceptors (Lipinski definition) is 5. The van der Waals surface area contributed by atoms with Gasteiger partial charge in [0.05, 0.1) is 4.90 Å². The Bertz CT molecular complexity index is 872. The Balaban J connectivity index is 1.85. The van der Waals surface area contributed by atoms with Gasteiger partial charge in [-0.25, -0.2) is 8.42 Å². The minimum absolute atomic E-state index is 0.116. The van der Waals surface area contributed by atoms with E-state index in [0.29, 0.717) is 11.6 Å². The standard InChI is InChI=1S/C21H29ClN2O4S/c1-3-13-24(14-4-2)15-5-12-23-21(25)20-11-8-18(28-20)16-29(26,27)19-9-6-17(22)7-10-19/h6-11H,3-5,12-16H2,1-2H3,(H,23,25). The summed E-state index contributed by atoms with van der Waals surface area (Å²) in [5, 5.41) is 3.30. The van der Waals surface area contributed by atoms with Gasteiger partial charge in [-0.1, -0.05) is 25.4 Å². The van der Waals surface area contributed by atoms with Gasteiger partial charge < -0.3 is 14.6 Å². The molecule has 160 valence electrons. The van der Waals surface area contributed by atoms with Crippen molar-refractivity contribution in [3.05, 3.63) is 52.9 Å². The average molecular weight is 441 g/mol. The van der Waals surface area contributed by atoms with E-state index in [-0.39, 0.29) is 28.1 Å². The van der Waals surface area contributed by atoms with Crippen molar-refractivity contribution in [2.45, 2.75) is 43.8 Å². The van der Waals surface area contributed by atoms with Gasteiger partial charge in [-0.3, -0.25) is 4.79 Å². The molecule has 1 heterocycles. The SMILES string of the molecule is CCCN(CCC)CCCNC(=O)c1ccc(CS(=O)(=O)c2ccc(Cl)cc2)o1. The lowest BCUT2D eigenvalue weighted by Gasteiger charge is -2.20. The Labute approximate surface area is 178 Å². The van der Waals surface area contributed by atoms with Crippen LogP contribution in [-0.4, -0.2) is 45.4 Å². The number of rotatable bonds is 12. The molecule has 0 atom stereocenters. The Kier molecular flexibility index (Phi) is 9.20. The summed E-state index contributed by atoms with van der Waals surface area (Å²) >= 11 is 5.80. The van der Waals surface area contributed by atoms with Crippen molar-refractivity contribution in [2.75, 3.05) is 26.2 Å². The van der Waals surface area contributed by atoms with E-state index in [1.807, 2.05) is 0 Å².